The second-order valence-electron chi connectivity index (χ2n) is 4.28. The van der Waals surface area contributed by atoms with Gasteiger partial charge in [0.2, 0.25) is 5.91 Å². The Bertz CT molecular complexity index is 161. The van der Waals surface area contributed by atoms with Gasteiger partial charge in [0, 0.05) is 12.1 Å². The lowest BCUT2D eigenvalue weighted by atomic mass is 10.1. The molecule has 13 heavy (non-hydrogen) atoms. The molecule has 4 heteroatoms. The predicted octanol–water partition coefficient (Wildman–Crippen LogP) is -0.128. The van der Waals surface area contributed by atoms with E-state index in [2.05, 4.69) is 10.6 Å². The van der Waals surface area contributed by atoms with Crippen molar-refractivity contribution in [1.29, 1.82) is 0 Å². The van der Waals surface area contributed by atoms with Gasteiger partial charge in [-0.15, -0.1) is 0 Å². The summed E-state index contributed by atoms with van der Waals surface area (Å²) in [5, 5.41) is 14.6. The topological polar surface area (TPSA) is 61.4 Å². The molecule has 0 unspecified atom stereocenters. The maximum Gasteiger partial charge on any atom is 0.234 e. The number of carbonyl (C=O) groups excluding carboxylic acids is 1. The van der Waals surface area contributed by atoms with Crippen molar-refractivity contribution in [3.63, 3.8) is 0 Å². The molecule has 0 saturated heterocycles. The standard InChI is InChI=1S/C9H20N2O2/c1-7(12)5-10-6-8(13)11-9(2,3)4/h7,10,12H,5-6H2,1-4H3,(H,11,13)/t7-/m0/s1. The van der Waals surface area contributed by atoms with Gasteiger partial charge in [0.15, 0.2) is 0 Å². The minimum absolute atomic E-state index is 0.0480. The van der Waals surface area contributed by atoms with E-state index in [4.69, 9.17) is 5.11 Å². The summed E-state index contributed by atoms with van der Waals surface area (Å²) >= 11 is 0. The molecule has 0 aromatic carbocycles. The Morgan fingerprint density at radius 2 is 2.00 bits per heavy atom. The SMILES string of the molecule is C[C@H](O)CNCC(=O)NC(C)(C)C. The van der Waals surface area contributed by atoms with E-state index < -0.39 is 6.10 Å². The number of carbonyl (C=O) groups is 1. The number of rotatable bonds is 4. The highest BCUT2D eigenvalue weighted by molar-refractivity contribution is 5.78. The van der Waals surface area contributed by atoms with Crippen LogP contribution in [0.5, 0.6) is 0 Å². The molecule has 1 atom stereocenters. The van der Waals surface area contributed by atoms with Gasteiger partial charge in [-0.05, 0) is 27.7 Å². The van der Waals surface area contributed by atoms with Crippen molar-refractivity contribution in [2.24, 2.45) is 0 Å². The van der Waals surface area contributed by atoms with Gasteiger partial charge >= 0.3 is 0 Å². The molecule has 0 aliphatic carbocycles. The third-order valence-electron chi connectivity index (χ3n) is 1.24. The molecule has 0 rings (SSSR count). The molecule has 3 N–H and O–H groups in total. The Hall–Kier alpha value is -0.610. The average molecular weight is 188 g/mol. The summed E-state index contributed by atoms with van der Waals surface area (Å²) < 4.78 is 0. The highest BCUT2D eigenvalue weighted by Gasteiger charge is 2.12. The lowest BCUT2D eigenvalue weighted by molar-refractivity contribution is -0.121. The van der Waals surface area contributed by atoms with Crippen molar-refractivity contribution >= 4 is 5.91 Å². The summed E-state index contributed by atoms with van der Waals surface area (Å²) in [7, 11) is 0. The normalized spacial score (nSPS) is 13.9. The van der Waals surface area contributed by atoms with Gasteiger partial charge < -0.3 is 15.7 Å². The van der Waals surface area contributed by atoms with Crippen molar-refractivity contribution < 1.29 is 9.90 Å². The van der Waals surface area contributed by atoms with E-state index in [9.17, 15) is 4.79 Å². The molecule has 78 valence electrons. The molecule has 0 heterocycles. The molecule has 0 saturated carbocycles. The van der Waals surface area contributed by atoms with E-state index in [0.29, 0.717) is 6.54 Å². The van der Waals surface area contributed by atoms with Crippen molar-refractivity contribution in [2.75, 3.05) is 13.1 Å². The largest absolute Gasteiger partial charge is 0.392 e. The molecule has 4 nitrogen and oxygen atoms in total. The van der Waals surface area contributed by atoms with Gasteiger partial charge in [-0.25, -0.2) is 0 Å². The van der Waals surface area contributed by atoms with Crippen LogP contribution in [-0.2, 0) is 4.79 Å². The second-order valence-corrected chi connectivity index (χ2v) is 4.28. The molecule has 0 fully saturated rings. The van der Waals surface area contributed by atoms with Crippen LogP contribution in [0.1, 0.15) is 27.7 Å². The molecule has 0 spiro atoms. The number of hydrogen-bond acceptors (Lipinski definition) is 3. The summed E-state index contributed by atoms with van der Waals surface area (Å²) in [5.41, 5.74) is -0.191. The first-order valence-electron chi connectivity index (χ1n) is 4.51. The molecule has 0 aromatic heterocycles. The van der Waals surface area contributed by atoms with Crippen molar-refractivity contribution in [2.45, 2.75) is 39.3 Å². The van der Waals surface area contributed by atoms with Crippen LogP contribution in [0, 0.1) is 0 Å². The van der Waals surface area contributed by atoms with Crippen LogP contribution in [0.3, 0.4) is 0 Å². The molecule has 0 aliphatic rings. The van der Waals surface area contributed by atoms with E-state index in [-0.39, 0.29) is 18.0 Å². The van der Waals surface area contributed by atoms with Crippen molar-refractivity contribution in [3.8, 4) is 0 Å². The quantitative estimate of drug-likeness (QED) is 0.576. The van der Waals surface area contributed by atoms with Crippen LogP contribution >= 0.6 is 0 Å². The van der Waals surface area contributed by atoms with Crippen LogP contribution in [-0.4, -0.2) is 35.7 Å². The summed E-state index contributed by atoms with van der Waals surface area (Å²) in [5.74, 6) is -0.0480. The number of aliphatic hydroxyl groups excluding tert-OH is 1. The summed E-state index contributed by atoms with van der Waals surface area (Å²) in [4.78, 5) is 11.2. The highest BCUT2D eigenvalue weighted by Crippen LogP contribution is 1.96. The maximum atomic E-state index is 11.2. The lowest BCUT2D eigenvalue weighted by Crippen LogP contribution is -2.45. The summed E-state index contributed by atoms with van der Waals surface area (Å²) in [6, 6.07) is 0. The Labute approximate surface area is 79.7 Å². The minimum atomic E-state index is -0.414. The first-order chi connectivity index (χ1) is 5.81. The van der Waals surface area contributed by atoms with Gasteiger partial charge in [-0.1, -0.05) is 0 Å². The fourth-order valence-electron chi connectivity index (χ4n) is 0.857. The lowest BCUT2D eigenvalue weighted by Gasteiger charge is -2.20. The van der Waals surface area contributed by atoms with Crippen LogP contribution in [0.2, 0.25) is 0 Å². The molecular formula is C9H20N2O2. The van der Waals surface area contributed by atoms with Crippen LogP contribution in [0.15, 0.2) is 0 Å². The van der Waals surface area contributed by atoms with Gasteiger partial charge in [0.25, 0.3) is 0 Å². The van der Waals surface area contributed by atoms with Gasteiger partial charge in [0.05, 0.1) is 12.6 Å². The maximum absolute atomic E-state index is 11.2. The number of nitrogens with one attached hydrogen (secondary N) is 2. The van der Waals surface area contributed by atoms with Crippen LogP contribution in [0.4, 0.5) is 0 Å². The molecule has 0 aromatic rings. The zero-order valence-electron chi connectivity index (χ0n) is 8.85. The van der Waals surface area contributed by atoms with E-state index in [0.717, 1.165) is 0 Å². The molecule has 0 bridgehead atoms. The molecule has 1 amide bonds. The number of aliphatic hydroxyl groups is 1. The Morgan fingerprint density at radius 1 is 1.46 bits per heavy atom. The third kappa shape index (κ3) is 9.30. The Kier molecular flexibility index (Phi) is 4.95. The molecule has 0 radical (unpaired) electrons. The van der Waals surface area contributed by atoms with Crippen LogP contribution in [0.25, 0.3) is 0 Å². The predicted molar refractivity (Wildman–Crippen MR) is 52.4 cm³/mol. The zero-order valence-corrected chi connectivity index (χ0v) is 8.85. The van der Waals surface area contributed by atoms with E-state index in [1.54, 1.807) is 6.92 Å². The number of amides is 1. The van der Waals surface area contributed by atoms with Crippen molar-refractivity contribution in [1.82, 2.24) is 10.6 Å². The van der Waals surface area contributed by atoms with Gasteiger partial charge in [-0.2, -0.15) is 0 Å². The Balaban J connectivity index is 3.53. The van der Waals surface area contributed by atoms with Crippen LogP contribution < -0.4 is 10.6 Å². The number of hydrogen-bond donors (Lipinski definition) is 3. The first-order valence-corrected chi connectivity index (χ1v) is 4.51. The van der Waals surface area contributed by atoms with E-state index in [1.165, 1.54) is 0 Å². The second kappa shape index (κ2) is 5.19. The molecule has 0 aliphatic heterocycles. The first kappa shape index (κ1) is 12.4. The van der Waals surface area contributed by atoms with Gasteiger partial charge in [0.1, 0.15) is 0 Å². The van der Waals surface area contributed by atoms with E-state index >= 15 is 0 Å². The fraction of sp³-hybridized carbons (Fsp3) is 0.889. The van der Waals surface area contributed by atoms with Crippen molar-refractivity contribution in [3.05, 3.63) is 0 Å². The minimum Gasteiger partial charge on any atom is -0.392 e. The van der Waals surface area contributed by atoms with E-state index in [1.807, 2.05) is 20.8 Å². The summed E-state index contributed by atoms with van der Waals surface area (Å²) in [6.45, 7) is 8.16. The average Bonchev–Trinajstić information content (AvgIpc) is 1.81. The fourth-order valence-corrected chi connectivity index (χ4v) is 0.857. The highest BCUT2D eigenvalue weighted by atomic mass is 16.3. The third-order valence-corrected chi connectivity index (χ3v) is 1.24. The monoisotopic (exact) mass is 188 g/mol. The zero-order chi connectivity index (χ0) is 10.5. The smallest absolute Gasteiger partial charge is 0.234 e. The summed E-state index contributed by atoms with van der Waals surface area (Å²) in [6.07, 6.45) is -0.414. The Morgan fingerprint density at radius 3 is 2.38 bits per heavy atom. The van der Waals surface area contributed by atoms with Gasteiger partial charge in [-0.3, -0.25) is 4.79 Å². The molecular weight excluding hydrogens is 168 g/mol.